The second-order valence-electron chi connectivity index (χ2n) is 8.48. The summed E-state index contributed by atoms with van der Waals surface area (Å²) in [4.78, 5) is 12.2. The fourth-order valence-electron chi connectivity index (χ4n) is 4.15. The second kappa shape index (κ2) is 9.58. The average Bonchev–Trinajstić information content (AvgIpc) is 2.90. The van der Waals surface area contributed by atoms with Crippen LogP contribution in [-0.4, -0.2) is 19.0 Å². The van der Waals surface area contributed by atoms with Gasteiger partial charge >= 0.3 is 0 Å². The SMILES string of the molecule is CC.C[C@H](CCOCC#CC(C)(C)C)C1=CC[C@H]2C(=O)CCC[C@]12C. The molecule has 2 aliphatic carbocycles. The molecule has 0 aromatic carbocycles. The van der Waals surface area contributed by atoms with Gasteiger partial charge in [0.1, 0.15) is 12.4 Å². The average molecular weight is 347 g/mol. The molecule has 1 saturated carbocycles. The summed E-state index contributed by atoms with van der Waals surface area (Å²) in [5.41, 5.74) is 1.66. The number of ketones is 1. The van der Waals surface area contributed by atoms with Crippen molar-refractivity contribution in [2.24, 2.45) is 22.7 Å². The summed E-state index contributed by atoms with van der Waals surface area (Å²) in [5, 5.41) is 0. The van der Waals surface area contributed by atoms with E-state index >= 15 is 0 Å². The third kappa shape index (κ3) is 6.00. The first-order valence-electron chi connectivity index (χ1n) is 10.0. The quantitative estimate of drug-likeness (QED) is 0.357. The number of ether oxygens (including phenoxy) is 1. The summed E-state index contributed by atoms with van der Waals surface area (Å²) in [6.45, 7) is 16.2. The Hall–Kier alpha value is -1.07. The minimum atomic E-state index is 0.0441. The van der Waals surface area contributed by atoms with Crippen LogP contribution in [0.1, 0.15) is 80.6 Å². The molecule has 142 valence electrons. The summed E-state index contributed by atoms with van der Waals surface area (Å²) >= 11 is 0. The van der Waals surface area contributed by atoms with Gasteiger partial charge in [0.2, 0.25) is 0 Å². The molecule has 0 aliphatic heterocycles. The Morgan fingerprint density at radius 3 is 2.68 bits per heavy atom. The van der Waals surface area contributed by atoms with Crippen molar-refractivity contribution in [3.63, 3.8) is 0 Å². The van der Waals surface area contributed by atoms with Crippen LogP contribution >= 0.6 is 0 Å². The van der Waals surface area contributed by atoms with Crippen molar-refractivity contribution in [3.05, 3.63) is 11.6 Å². The Morgan fingerprint density at radius 1 is 1.36 bits per heavy atom. The van der Waals surface area contributed by atoms with E-state index in [4.69, 9.17) is 4.74 Å². The maximum atomic E-state index is 12.2. The number of Topliss-reactive ketones (excluding diaryl/α,β-unsaturated/α-hetero) is 1. The Bertz CT molecular complexity index is 527. The first-order chi connectivity index (χ1) is 11.7. The first-order valence-corrected chi connectivity index (χ1v) is 10.0. The molecule has 0 saturated heterocycles. The van der Waals surface area contributed by atoms with Crippen molar-refractivity contribution in [1.29, 1.82) is 0 Å². The van der Waals surface area contributed by atoms with E-state index in [1.54, 1.807) is 0 Å². The lowest BCUT2D eigenvalue weighted by Crippen LogP contribution is -2.36. The zero-order chi connectivity index (χ0) is 19.1. The normalized spacial score (nSPS) is 26.6. The van der Waals surface area contributed by atoms with Crippen molar-refractivity contribution >= 4 is 5.78 Å². The molecule has 25 heavy (non-hydrogen) atoms. The fraction of sp³-hybridized carbons (Fsp3) is 0.783. The van der Waals surface area contributed by atoms with Crippen LogP contribution in [0.5, 0.6) is 0 Å². The number of hydrogen-bond donors (Lipinski definition) is 0. The molecule has 0 radical (unpaired) electrons. The monoisotopic (exact) mass is 346 g/mol. The van der Waals surface area contributed by atoms with Gasteiger partial charge in [-0.3, -0.25) is 4.79 Å². The molecule has 2 rings (SSSR count). The minimum absolute atomic E-state index is 0.0441. The predicted octanol–water partition coefficient (Wildman–Crippen LogP) is 5.81. The van der Waals surface area contributed by atoms with Crippen LogP contribution in [0.4, 0.5) is 0 Å². The van der Waals surface area contributed by atoms with E-state index in [-0.39, 0.29) is 16.7 Å². The van der Waals surface area contributed by atoms with E-state index in [9.17, 15) is 4.79 Å². The molecule has 0 heterocycles. The maximum absolute atomic E-state index is 12.2. The van der Waals surface area contributed by atoms with E-state index in [2.05, 4.69) is 52.5 Å². The van der Waals surface area contributed by atoms with E-state index in [1.807, 2.05) is 13.8 Å². The van der Waals surface area contributed by atoms with Crippen molar-refractivity contribution in [1.82, 2.24) is 0 Å². The number of fused-ring (bicyclic) bond motifs is 1. The highest BCUT2D eigenvalue weighted by Gasteiger charge is 2.47. The highest BCUT2D eigenvalue weighted by Crippen LogP contribution is 2.53. The molecule has 1 fully saturated rings. The molecular formula is C23H38O2. The van der Waals surface area contributed by atoms with E-state index < -0.39 is 0 Å². The van der Waals surface area contributed by atoms with E-state index in [0.29, 0.717) is 18.3 Å². The van der Waals surface area contributed by atoms with E-state index in [0.717, 1.165) is 38.7 Å². The van der Waals surface area contributed by atoms with Gasteiger partial charge in [0.15, 0.2) is 0 Å². The summed E-state index contributed by atoms with van der Waals surface area (Å²) in [5.74, 6) is 7.50. The van der Waals surface area contributed by atoms with Crippen LogP contribution in [0.25, 0.3) is 0 Å². The second-order valence-corrected chi connectivity index (χ2v) is 8.48. The Kier molecular flexibility index (Phi) is 8.42. The maximum Gasteiger partial charge on any atom is 0.137 e. The highest BCUT2D eigenvalue weighted by atomic mass is 16.5. The van der Waals surface area contributed by atoms with Gasteiger partial charge in [-0.15, -0.1) is 0 Å². The summed E-state index contributed by atoms with van der Waals surface area (Å²) in [6, 6.07) is 0. The number of carbonyl (C=O) groups is 1. The van der Waals surface area contributed by atoms with Crippen LogP contribution in [0.2, 0.25) is 0 Å². The van der Waals surface area contributed by atoms with Crippen LogP contribution in [0.15, 0.2) is 11.6 Å². The molecule has 3 atom stereocenters. The minimum Gasteiger partial charge on any atom is -0.369 e. The molecule has 2 aliphatic rings. The van der Waals surface area contributed by atoms with Gasteiger partial charge in [0, 0.05) is 24.4 Å². The predicted molar refractivity (Wildman–Crippen MR) is 106 cm³/mol. The van der Waals surface area contributed by atoms with Gasteiger partial charge in [-0.1, -0.05) is 51.2 Å². The van der Waals surface area contributed by atoms with Crippen LogP contribution in [0.3, 0.4) is 0 Å². The van der Waals surface area contributed by atoms with Gasteiger partial charge in [0.05, 0.1) is 0 Å². The van der Waals surface area contributed by atoms with Crippen LogP contribution < -0.4 is 0 Å². The largest absolute Gasteiger partial charge is 0.369 e. The Labute approximate surface area is 155 Å². The molecule has 0 N–H and O–H groups in total. The molecule has 0 amide bonds. The summed E-state index contributed by atoms with van der Waals surface area (Å²) < 4.78 is 5.68. The zero-order valence-corrected chi connectivity index (χ0v) is 17.5. The van der Waals surface area contributed by atoms with Crippen molar-refractivity contribution in [2.45, 2.75) is 80.6 Å². The van der Waals surface area contributed by atoms with Crippen LogP contribution in [0, 0.1) is 34.5 Å². The molecule has 0 aromatic heterocycles. The summed E-state index contributed by atoms with van der Waals surface area (Å²) in [7, 11) is 0. The lowest BCUT2D eigenvalue weighted by molar-refractivity contribution is -0.128. The lowest BCUT2D eigenvalue weighted by atomic mass is 9.63. The number of hydrogen-bond acceptors (Lipinski definition) is 2. The van der Waals surface area contributed by atoms with Crippen LogP contribution in [-0.2, 0) is 9.53 Å². The molecule has 2 nitrogen and oxygen atoms in total. The number of rotatable bonds is 5. The fourth-order valence-corrected chi connectivity index (χ4v) is 4.15. The third-order valence-electron chi connectivity index (χ3n) is 5.37. The Balaban J connectivity index is 0.00000151. The standard InChI is InChI=1S/C21H32O2.C2H6/c1-16(11-15-23-14-7-12-20(2,3)4)17-9-10-18-19(22)8-6-13-21(17,18)5;1-2/h9,16,18H,6,8,10-11,13-15H2,1-5H3;1-2H3/t16-,18+,21-;/m1./s1. The highest BCUT2D eigenvalue weighted by molar-refractivity contribution is 5.84. The molecule has 0 unspecified atom stereocenters. The lowest BCUT2D eigenvalue weighted by Gasteiger charge is -2.40. The van der Waals surface area contributed by atoms with Crippen molar-refractivity contribution in [3.8, 4) is 11.8 Å². The number of allylic oxidation sites excluding steroid dienone is 2. The molecule has 0 spiro atoms. The molecule has 0 bridgehead atoms. The van der Waals surface area contributed by atoms with Gasteiger partial charge in [-0.05, 0) is 57.8 Å². The van der Waals surface area contributed by atoms with Gasteiger partial charge < -0.3 is 4.74 Å². The van der Waals surface area contributed by atoms with Gasteiger partial charge in [-0.2, -0.15) is 0 Å². The van der Waals surface area contributed by atoms with E-state index in [1.165, 1.54) is 5.57 Å². The first kappa shape index (κ1) is 22.0. The summed E-state index contributed by atoms with van der Waals surface area (Å²) in [6.07, 6.45) is 7.31. The zero-order valence-electron chi connectivity index (χ0n) is 17.5. The van der Waals surface area contributed by atoms with Crippen molar-refractivity contribution < 1.29 is 9.53 Å². The molecular weight excluding hydrogens is 308 g/mol. The number of carbonyl (C=O) groups excluding carboxylic acids is 1. The van der Waals surface area contributed by atoms with Gasteiger partial charge in [-0.25, -0.2) is 0 Å². The smallest absolute Gasteiger partial charge is 0.137 e. The molecule has 0 aromatic rings. The molecule has 2 heteroatoms. The van der Waals surface area contributed by atoms with Crippen molar-refractivity contribution in [2.75, 3.05) is 13.2 Å². The van der Waals surface area contributed by atoms with Gasteiger partial charge in [0.25, 0.3) is 0 Å². The third-order valence-corrected chi connectivity index (χ3v) is 5.37. The Morgan fingerprint density at radius 2 is 2.04 bits per heavy atom. The topological polar surface area (TPSA) is 26.3 Å².